The van der Waals surface area contributed by atoms with E-state index in [0.717, 1.165) is 0 Å². The van der Waals surface area contributed by atoms with Crippen LogP contribution in [0.4, 0.5) is 5.95 Å². The molecule has 0 aliphatic carbocycles. The fourth-order valence-corrected chi connectivity index (χ4v) is 3.18. The molecule has 0 aromatic carbocycles. The number of thiophene rings is 1. The van der Waals surface area contributed by atoms with E-state index in [9.17, 15) is 10.0 Å². The minimum Gasteiger partial charge on any atom is -0.410 e. The molecule has 0 saturated heterocycles. The van der Waals surface area contributed by atoms with Gasteiger partial charge in [0.25, 0.3) is 5.91 Å². The predicted molar refractivity (Wildman–Crippen MR) is 91.5 cm³/mol. The topological polar surface area (TPSA) is 126 Å². The largest absolute Gasteiger partial charge is 0.410 e. The molecule has 1 amide bonds. The third kappa shape index (κ3) is 2.88. The molecule has 0 unspecified atom stereocenters. The summed E-state index contributed by atoms with van der Waals surface area (Å²) in [5.41, 5.74) is 6.99. The molecule has 3 heterocycles. The molecule has 0 aliphatic heterocycles. The molecule has 122 valence electrons. The average Bonchev–Trinajstić information content (AvgIpc) is 3.01. The van der Waals surface area contributed by atoms with Gasteiger partial charge < -0.3 is 16.3 Å². The third-order valence-electron chi connectivity index (χ3n) is 3.25. The number of rotatable bonds is 4. The first-order valence-corrected chi connectivity index (χ1v) is 7.93. The molecule has 0 spiro atoms. The van der Waals surface area contributed by atoms with Crippen LogP contribution in [0.3, 0.4) is 0 Å². The van der Waals surface area contributed by atoms with Crippen molar-refractivity contribution in [3.63, 3.8) is 0 Å². The van der Waals surface area contributed by atoms with Gasteiger partial charge in [0.1, 0.15) is 16.2 Å². The van der Waals surface area contributed by atoms with Gasteiger partial charge in [-0.3, -0.25) is 9.78 Å². The van der Waals surface area contributed by atoms with Crippen molar-refractivity contribution in [2.24, 2.45) is 5.16 Å². The third-order valence-corrected chi connectivity index (χ3v) is 4.28. The highest BCUT2D eigenvalue weighted by atomic mass is 32.1. The summed E-state index contributed by atoms with van der Waals surface area (Å²) in [4.78, 5) is 25.4. The fraction of sp³-hybridized carbons (Fsp3) is 0.133. The number of pyridine rings is 1. The Morgan fingerprint density at radius 1 is 1.38 bits per heavy atom. The SMILES string of the molecule is CCNC(=O)c1cc2c(/C(=N/O)c3ccncc3)nc(N)nc2s1. The highest BCUT2D eigenvalue weighted by Gasteiger charge is 2.19. The number of carbonyl (C=O) groups is 1. The van der Waals surface area contributed by atoms with E-state index < -0.39 is 0 Å². The average molecular weight is 342 g/mol. The monoisotopic (exact) mass is 342 g/mol. The lowest BCUT2D eigenvalue weighted by molar-refractivity contribution is 0.0960. The maximum atomic E-state index is 12.1. The summed E-state index contributed by atoms with van der Waals surface area (Å²) in [6.07, 6.45) is 3.16. The van der Waals surface area contributed by atoms with Crippen molar-refractivity contribution in [3.8, 4) is 0 Å². The Morgan fingerprint density at radius 2 is 2.12 bits per heavy atom. The first-order chi connectivity index (χ1) is 11.6. The Kier molecular flexibility index (Phi) is 4.34. The van der Waals surface area contributed by atoms with Gasteiger partial charge in [0.2, 0.25) is 5.95 Å². The maximum Gasteiger partial charge on any atom is 0.261 e. The highest BCUT2D eigenvalue weighted by molar-refractivity contribution is 7.20. The van der Waals surface area contributed by atoms with E-state index >= 15 is 0 Å². The van der Waals surface area contributed by atoms with Gasteiger partial charge >= 0.3 is 0 Å². The van der Waals surface area contributed by atoms with E-state index in [1.54, 1.807) is 30.6 Å². The molecular weight excluding hydrogens is 328 g/mol. The molecule has 0 bridgehead atoms. The summed E-state index contributed by atoms with van der Waals surface area (Å²) in [6, 6.07) is 5.05. The fourth-order valence-electron chi connectivity index (χ4n) is 2.23. The lowest BCUT2D eigenvalue weighted by Crippen LogP contribution is -2.21. The number of nitrogens with one attached hydrogen (secondary N) is 1. The van der Waals surface area contributed by atoms with Crippen LogP contribution in [0.1, 0.15) is 27.9 Å². The number of nitrogens with zero attached hydrogens (tertiary/aromatic N) is 4. The van der Waals surface area contributed by atoms with Crippen molar-refractivity contribution in [1.82, 2.24) is 20.3 Å². The number of aromatic nitrogens is 3. The van der Waals surface area contributed by atoms with Crippen LogP contribution in [0.2, 0.25) is 0 Å². The van der Waals surface area contributed by atoms with Crippen molar-refractivity contribution < 1.29 is 10.0 Å². The first-order valence-electron chi connectivity index (χ1n) is 7.12. The summed E-state index contributed by atoms with van der Waals surface area (Å²) in [5, 5.41) is 16.2. The lowest BCUT2D eigenvalue weighted by atomic mass is 10.1. The van der Waals surface area contributed by atoms with E-state index in [2.05, 4.69) is 25.4 Å². The second-order valence-electron chi connectivity index (χ2n) is 4.80. The van der Waals surface area contributed by atoms with Gasteiger partial charge in [-0.25, -0.2) is 9.97 Å². The summed E-state index contributed by atoms with van der Waals surface area (Å²) in [7, 11) is 0. The van der Waals surface area contributed by atoms with Crippen LogP contribution in [0.15, 0.2) is 35.7 Å². The smallest absolute Gasteiger partial charge is 0.261 e. The number of fused-ring (bicyclic) bond motifs is 1. The zero-order valence-electron chi connectivity index (χ0n) is 12.7. The van der Waals surface area contributed by atoms with Gasteiger partial charge in [0.15, 0.2) is 0 Å². The van der Waals surface area contributed by atoms with Crippen molar-refractivity contribution in [2.45, 2.75) is 6.92 Å². The van der Waals surface area contributed by atoms with E-state index in [0.29, 0.717) is 32.9 Å². The van der Waals surface area contributed by atoms with Crippen LogP contribution in [0, 0.1) is 0 Å². The van der Waals surface area contributed by atoms with Crippen LogP contribution >= 0.6 is 11.3 Å². The van der Waals surface area contributed by atoms with Gasteiger partial charge in [0.05, 0.1) is 4.88 Å². The standard InChI is InChI=1S/C15H14N6O2S/c1-2-18-13(22)10-7-9-12(19-15(16)20-14(9)24-10)11(21-23)8-3-5-17-6-4-8/h3-7,23H,2H2,1H3,(H,18,22)(H2,16,19,20)/b21-11+. The van der Waals surface area contributed by atoms with E-state index in [1.807, 2.05) is 6.92 Å². The number of hydrogen-bond acceptors (Lipinski definition) is 8. The van der Waals surface area contributed by atoms with Gasteiger partial charge in [-0.15, -0.1) is 11.3 Å². The van der Waals surface area contributed by atoms with Crippen molar-refractivity contribution in [1.29, 1.82) is 0 Å². The summed E-state index contributed by atoms with van der Waals surface area (Å²) < 4.78 is 0. The van der Waals surface area contributed by atoms with Crippen LogP contribution in [-0.4, -0.2) is 38.3 Å². The summed E-state index contributed by atoms with van der Waals surface area (Å²) in [6.45, 7) is 2.36. The molecule has 3 rings (SSSR count). The molecule has 8 nitrogen and oxygen atoms in total. The molecule has 24 heavy (non-hydrogen) atoms. The number of nitrogen functional groups attached to an aromatic ring is 1. The molecule has 0 radical (unpaired) electrons. The predicted octanol–water partition coefficient (Wildman–Crippen LogP) is 1.64. The second kappa shape index (κ2) is 6.59. The Morgan fingerprint density at radius 3 is 2.79 bits per heavy atom. The normalized spacial score (nSPS) is 11.6. The van der Waals surface area contributed by atoms with Crippen molar-refractivity contribution in [2.75, 3.05) is 12.3 Å². The zero-order valence-corrected chi connectivity index (χ0v) is 13.5. The number of carbonyl (C=O) groups excluding carboxylic acids is 1. The van der Waals surface area contributed by atoms with E-state index in [4.69, 9.17) is 5.73 Å². The lowest BCUT2D eigenvalue weighted by Gasteiger charge is -2.05. The Labute approximate surface area is 141 Å². The minimum absolute atomic E-state index is 0.0389. The molecule has 0 fully saturated rings. The van der Waals surface area contributed by atoms with Gasteiger partial charge in [-0.2, -0.15) is 0 Å². The van der Waals surface area contributed by atoms with Crippen LogP contribution in [0.5, 0.6) is 0 Å². The van der Waals surface area contributed by atoms with E-state index in [1.165, 1.54) is 11.3 Å². The number of hydrogen-bond donors (Lipinski definition) is 3. The van der Waals surface area contributed by atoms with Crippen molar-refractivity contribution >= 4 is 39.1 Å². The Hall–Kier alpha value is -3.07. The quantitative estimate of drug-likeness (QED) is 0.376. The molecule has 0 saturated carbocycles. The molecule has 4 N–H and O–H groups in total. The second-order valence-corrected chi connectivity index (χ2v) is 5.83. The molecule has 0 atom stereocenters. The van der Waals surface area contributed by atoms with Crippen LogP contribution < -0.4 is 11.1 Å². The first kappa shape index (κ1) is 15.8. The minimum atomic E-state index is -0.198. The zero-order chi connectivity index (χ0) is 17.1. The van der Waals surface area contributed by atoms with Gasteiger partial charge in [-0.05, 0) is 25.1 Å². The number of oxime groups is 1. The summed E-state index contributed by atoms with van der Waals surface area (Å²) >= 11 is 1.20. The maximum absolute atomic E-state index is 12.1. The summed E-state index contributed by atoms with van der Waals surface area (Å²) in [5.74, 6) is -0.159. The highest BCUT2D eigenvalue weighted by Crippen LogP contribution is 2.28. The molecule has 3 aromatic heterocycles. The van der Waals surface area contributed by atoms with E-state index in [-0.39, 0.29) is 17.6 Å². The Bertz CT molecular complexity index is 922. The van der Waals surface area contributed by atoms with Crippen molar-refractivity contribution in [3.05, 3.63) is 46.7 Å². The Balaban J connectivity index is 2.18. The number of nitrogens with two attached hydrogens (primary N) is 1. The molecule has 9 heteroatoms. The van der Waals surface area contributed by atoms with Gasteiger partial charge in [0, 0.05) is 29.9 Å². The number of amides is 1. The number of anilines is 1. The molecule has 0 aliphatic rings. The molecular formula is C15H14N6O2S. The van der Waals surface area contributed by atoms with Gasteiger partial charge in [-0.1, -0.05) is 5.16 Å². The van der Waals surface area contributed by atoms with Crippen LogP contribution in [-0.2, 0) is 0 Å². The molecule has 3 aromatic rings. The van der Waals surface area contributed by atoms with Crippen LogP contribution in [0.25, 0.3) is 10.2 Å².